The summed E-state index contributed by atoms with van der Waals surface area (Å²) in [7, 11) is 1.95. The highest BCUT2D eigenvalue weighted by molar-refractivity contribution is 9.10. The molecule has 0 fully saturated rings. The van der Waals surface area contributed by atoms with Gasteiger partial charge >= 0.3 is 0 Å². The number of halogens is 1. The molecule has 6 heteroatoms. The summed E-state index contributed by atoms with van der Waals surface area (Å²) in [5, 5.41) is 12.4. The number of hydrogen-bond acceptors (Lipinski definition) is 4. The summed E-state index contributed by atoms with van der Waals surface area (Å²) in [5.41, 5.74) is 1.28. The summed E-state index contributed by atoms with van der Waals surface area (Å²) >= 11 is 5.28. The molecule has 2 aromatic rings. The van der Waals surface area contributed by atoms with Gasteiger partial charge in [0, 0.05) is 22.5 Å². The van der Waals surface area contributed by atoms with Crippen molar-refractivity contribution >= 4 is 27.7 Å². The average Bonchev–Trinajstić information content (AvgIpc) is 2.82. The molecule has 108 valence electrons. The lowest BCUT2D eigenvalue weighted by Crippen LogP contribution is -2.19. The number of nitrogens with one attached hydrogen (secondary N) is 1. The maximum atomic E-state index is 4.09. The molecule has 4 nitrogen and oxygen atoms in total. The van der Waals surface area contributed by atoms with Crippen LogP contribution in [-0.4, -0.2) is 21.3 Å². The Balaban J connectivity index is 2.11. The maximum Gasteiger partial charge on any atom is 0.195 e. The Morgan fingerprint density at radius 3 is 2.85 bits per heavy atom. The summed E-state index contributed by atoms with van der Waals surface area (Å²) in [5.74, 6) is 0. The molecule has 0 amide bonds. The number of aromatic nitrogens is 3. The van der Waals surface area contributed by atoms with Crippen molar-refractivity contribution in [1.29, 1.82) is 0 Å². The molecule has 1 unspecified atom stereocenters. The SMILES string of the molecule is CCCNC(C)c1ccc(Sc2nncn2C)cc1Br. The van der Waals surface area contributed by atoms with Gasteiger partial charge < -0.3 is 9.88 Å². The van der Waals surface area contributed by atoms with Gasteiger partial charge in [-0.2, -0.15) is 0 Å². The van der Waals surface area contributed by atoms with Crippen molar-refractivity contribution in [3.05, 3.63) is 34.6 Å². The first kappa shape index (κ1) is 15.5. The highest BCUT2D eigenvalue weighted by Gasteiger charge is 2.10. The van der Waals surface area contributed by atoms with Gasteiger partial charge in [-0.25, -0.2) is 0 Å². The second-order valence-corrected chi connectivity index (χ2v) is 6.58. The van der Waals surface area contributed by atoms with Crippen molar-refractivity contribution in [2.45, 2.75) is 36.4 Å². The van der Waals surface area contributed by atoms with Crippen molar-refractivity contribution in [3.8, 4) is 0 Å². The van der Waals surface area contributed by atoms with Gasteiger partial charge in [0.25, 0.3) is 0 Å². The van der Waals surface area contributed by atoms with Crippen LogP contribution < -0.4 is 5.32 Å². The van der Waals surface area contributed by atoms with Crippen molar-refractivity contribution < 1.29 is 0 Å². The summed E-state index contributed by atoms with van der Waals surface area (Å²) in [6, 6.07) is 6.77. The molecule has 0 spiro atoms. The van der Waals surface area contributed by atoms with E-state index in [4.69, 9.17) is 0 Å². The number of nitrogens with zero attached hydrogens (tertiary/aromatic N) is 3. The molecule has 0 radical (unpaired) electrons. The number of hydrogen-bond donors (Lipinski definition) is 1. The fourth-order valence-corrected chi connectivity index (χ4v) is 3.54. The molecule has 0 saturated carbocycles. The minimum Gasteiger partial charge on any atom is -0.311 e. The van der Waals surface area contributed by atoms with Gasteiger partial charge in [-0.05, 0) is 49.3 Å². The molecule has 20 heavy (non-hydrogen) atoms. The highest BCUT2D eigenvalue weighted by atomic mass is 79.9. The van der Waals surface area contributed by atoms with Gasteiger partial charge in [-0.15, -0.1) is 10.2 Å². The lowest BCUT2D eigenvalue weighted by molar-refractivity contribution is 0.568. The van der Waals surface area contributed by atoms with E-state index in [2.05, 4.69) is 63.5 Å². The van der Waals surface area contributed by atoms with E-state index in [-0.39, 0.29) is 0 Å². The maximum absolute atomic E-state index is 4.09. The first-order valence-corrected chi connectivity index (χ1v) is 8.27. The van der Waals surface area contributed by atoms with E-state index in [1.807, 2.05) is 11.6 Å². The standard InChI is InChI=1S/C14H19BrN4S/c1-4-7-16-10(2)12-6-5-11(8-13(12)15)20-14-18-17-9-19(14)3/h5-6,8-10,16H,4,7H2,1-3H3. The lowest BCUT2D eigenvalue weighted by Gasteiger charge is -2.16. The Kier molecular flexibility index (Phi) is 5.63. The minimum absolute atomic E-state index is 0.346. The Morgan fingerprint density at radius 1 is 1.45 bits per heavy atom. The molecule has 1 atom stereocenters. The Hall–Kier alpha value is -0.850. The molecular weight excluding hydrogens is 336 g/mol. The van der Waals surface area contributed by atoms with Crippen LogP contribution in [0, 0.1) is 0 Å². The fourth-order valence-electron chi connectivity index (χ4n) is 1.86. The second-order valence-electron chi connectivity index (χ2n) is 4.69. The van der Waals surface area contributed by atoms with Crippen LogP contribution in [0.1, 0.15) is 31.9 Å². The zero-order valence-electron chi connectivity index (χ0n) is 11.9. The molecule has 0 aliphatic heterocycles. The quantitative estimate of drug-likeness (QED) is 0.856. The summed E-state index contributed by atoms with van der Waals surface area (Å²) in [6.07, 6.45) is 2.85. The van der Waals surface area contributed by atoms with E-state index in [1.165, 1.54) is 5.56 Å². The van der Waals surface area contributed by atoms with Crippen LogP contribution in [0.15, 0.2) is 39.1 Å². The molecular formula is C14H19BrN4S. The fraction of sp³-hybridized carbons (Fsp3) is 0.429. The van der Waals surface area contributed by atoms with E-state index < -0.39 is 0 Å². The first-order chi connectivity index (χ1) is 9.61. The van der Waals surface area contributed by atoms with Gasteiger partial charge in [-0.3, -0.25) is 0 Å². The summed E-state index contributed by atoms with van der Waals surface area (Å²) in [6.45, 7) is 5.39. The second kappa shape index (κ2) is 7.24. The third-order valence-electron chi connectivity index (χ3n) is 3.02. The van der Waals surface area contributed by atoms with Gasteiger partial charge in [-0.1, -0.05) is 28.9 Å². The molecule has 2 rings (SSSR count). The Bertz CT molecular complexity index is 570. The summed E-state index contributed by atoms with van der Waals surface area (Å²) in [4.78, 5) is 1.15. The Labute approximate surface area is 132 Å². The van der Waals surface area contributed by atoms with E-state index in [9.17, 15) is 0 Å². The largest absolute Gasteiger partial charge is 0.311 e. The van der Waals surface area contributed by atoms with Gasteiger partial charge in [0.05, 0.1) is 0 Å². The van der Waals surface area contributed by atoms with Gasteiger partial charge in [0.1, 0.15) is 6.33 Å². The third kappa shape index (κ3) is 3.84. The van der Waals surface area contributed by atoms with E-state index >= 15 is 0 Å². The zero-order valence-corrected chi connectivity index (χ0v) is 14.3. The third-order valence-corrected chi connectivity index (χ3v) is 4.75. The molecule has 0 saturated heterocycles. The van der Waals surface area contributed by atoms with Crippen molar-refractivity contribution in [2.24, 2.45) is 7.05 Å². The predicted octanol–water partition coefficient (Wildman–Crippen LogP) is 3.79. The van der Waals surface area contributed by atoms with Gasteiger partial charge in [0.2, 0.25) is 0 Å². The number of benzene rings is 1. The van der Waals surface area contributed by atoms with Crippen LogP contribution in [0.25, 0.3) is 0 Å². The van der Waals surface area contributed by atoms with Crippen LogP contribution in [0.5, 0.6) is 0 Å². The van der Waals surface area contributed by atoms with E-state index in [0.717, 1.165) is 27.5 Å². The molecule has 0 aliphatic carbocycles. The van der Waals surface area contributed by atoms with Crippen LogP contribution in [-0.2, 0) is 7.05 Å². The average molecular weight is 355 g/mol. The Morgan fingerprint density at radius 2 is 2.25 bits per heavy atom. The van der Waals surface area contributed by atoms with Crippen molar-refractivity contribution in [2.75, 3.05) is 6.54 Å². The lowest BCUT2D eigenvalue weighted by atomic mass is 10.1. The molecule has 1 aromatic carbocycles. The molecule has 0 aliphatic rings. The van der Waals surface area contributed by atoms with E-state index in [0.29, 0.717) is 6.04 Å². The highest BCUT2D eigenvalue weighted by Crippen LogP contribution is 2.31. The van der Waals surface area contributed by atoms with Crippen molar-refractivity contribution in [3.63, 3.8) is 0 Å². The molecule has 0 bridgehead atoms. The van der Waals surface area contributed by atoms with Crippen LogP contribution >= 0.6 is 27.7 Å². The van der Waals surface area contributed by atoms with E-state index in [1.54, 1.807) is 18.1 Å². The summed E-state index contributed by atoms with van der Waals surface area (Å²) < 4.78 is 3.04. The molecule has 1 heterocycles. The minimum atomic E-state index is 0.346. The van der Waals surface area contributed by atoms with Gasteiger partial charge in [0.15, 0.2) is 5.16 Å². The number of aryl methyl sites for hydroxylation is 1. The van der Waals surface area contributed by atoms with Crippen LogP contribution in [0.4, 0.5) is 0 Å². The normalized spacial score (nSPS) is 12.6. The van der Waals surface area contributed by atoms with Crippen LogP contribution in [0.2, 0.25) is 0 Å². The molecule has 1 N–H and O–H groups in total. The molecule has 1 aromatic heterocycles. The smallest absolute Gasteiger partial charge is 0.195 e. The topological polar surface area (TPSA) is 42.7 Å². The van der Waals surface area contributed by atoms with Crippen molar-refractivity contribution in [1.82, 2.24) is 20.1 Å². The van der Waals surface area contributed by atoms with Crippen LogP contribution in [0.3, 0.4) is 0 Å². The zero-order chi connectivity index (χ0) is 14.5. The number of rotatable bonds is 6. The monoisotopic (exact) mass is 354 g/mol. The first-order valence-electron chi connectivity index (χ1n) is 6.66. The predicted molar refractivity (Wildman–Crippen MR) is 86.0 cm³/mol.